The number of rotatable bonds is 7. The third-order valence-electron chi connectivity index (χ3n) is 4.91. The summed E-state index contributed by atoms with van der Waals surface area (Å²) in [6, 6.07) is 9.73. The van der Waals surface area contributed by atoms with Gasteiger partial charge in [-0.1, -0.05) is 35.5 Å². The molecule has 4 rings (SSSR count). The highest BCUT2D eigenvalue weighted by Gasteiger charge is 2.24. The molecule has 4 aromatic rings. The van der Waals surface area contributed by atoms with Crippen molar-refractivity contribution < 1.29 is 9.53 Å². The number of carbonyl (C=O) groups is 1. The topological polar surface area (TPSA) is 125 Å². The lowest BCUT2D eigenvalue weighted by molar-refractivity contribution is 0.0531. The van der Waals surface area contributed by atoms with Gasteiger partial charge in [0.2, 0.25) is 0 Å². The maximum atomic E-state index is 13.3. The Morgan fingerprint density at radius 3 is 2.65 bits per heavy atom. The minimum Gasteiger partial charge on any atom is -0.462 e. The zero-order valence-electron chi connectivity index (χ0n) is 17.0. The van der Waals surface area contributed by atoms with E-state index in [1.807, 2.05) is 30.3 Å². The maximum absolute atomic E-state index is 13.3. The number of benzene rings is 1. The van der Waals surface area contributed by atoms with Crippen molar-refractivity contribution in [2.75, 3.05) is 6.61 Å². The van der Waals surface area contributed by atoms with Crippen molar-refractivity contribution in [2.24, 2.45) is 0 Å². The first kappa shape index (κ1) is 20.7. The quantitative estimate of drug-likeness (QED) is 0.432. The van der Waals surface area contributed by atoms with Crippen molar-refractivity contribution in [3.63, 3.8) is 0 Å². The fourth-order valence-electron chi connectivity index (χ4n) is 3.40. The standard InChI is InChI=1S/C20H20N6O4S/c1-3-30-19(28)16-12(2)15-17(27)26(11-14-21-23-24-22-14)20(29)25(18(15)31-16)10-9-13-7-5-4-6-8-13/h4-8H,3,9-11H2,1-2H3,(H,21,22,23,24). The van der Waals surface area contributed by atoms with Crippen LogP contribution in [0.3, 0.4) is 0 Å². The first-order valence-corrected chi connectivity index (χ1v) is 10.5. The molecule has 0 aliphatic heterocycles. The van der Waals surface area contributed by atoms with E-state index in [2.05, 4.69) is 20.6 Å². The summed E-state index contributed by atoms with van der Waals surface area (Å²) in [6.07, 6.45) is 0.585. The lowest BCUT2D eigenvalue weighted by Crippen LogP contribution is -2.40. The molecule has 0 aliphatic carbocycles. The van der Waals surface area contributed by atoms with Crippen molar-refractivity contribution in [3.05, 3.63) is 73.0 Å². The van der Waals surface area contributed by atoms with Gasteiger partial charge in [0.25, 0.3) is 5.56 Å². The number of esters is 1. The molecule has 0 atom stereocenters. The second kappa shape index (κ2) is 8.64. The van der Waals surface area contributed by atoms with Crippen LogP contribution < -0.4 is 11.2 Å². The zero-order valence-corrected chi connectivity index (χ0v) is 17.8. The third kappa shape index (κ3) is 3.91. The van der Waals surface area contributed by atoms with Crippen LogP contribution in [-0.4, -0.2) is 42.3 Å². The number of thiophene rings is 1. The van der Waals surface area contributed by atoms with Gasteiger partial charge < -0.3 is 4.74 Å². The van der Waals surface area contributed by atoms with Crippen molar-refractivity contribution in [2.45, 2.75) is 33.4 Å². The number of aryl methyl sites for hydroxylation is 3. The summed E-state index contributed by atoms with van der Waals surface area (Å²) in [6.45, 7) is 3.84. The van der Waals surface area contributed by atoms with E-state index in [4.69, 9.17) is 4.74 Å². The van der Waals surface area contributed by atoms with E-state index < -0.39 is 17.2 Å². The second-order valence-electron chi connectivity index (χ2n) is 6.85. The van der Waals surface area contributed by atoms with E-state index in [0.717, 1.165) is 21.5 Å². The molecule has 1 N–H and O–H groups in total. The highest BCUT2D eigenvalue weighted by molar-refractivity contribution is 7.20. The molecule has 11 heteroatoms. The second-order valence-corrected chi connectivity index (χ2v) is 7.85. The average Bonchev–Trinajstić information content (AvgIpc) is 3.40. The smallest absolute Gasteiger partial charge is 0.348 e. The first-order valence-electron chi connectivity index (χ1n) is 9.71. The molecule has 10 nitrogen and oxygen atoms in total. The molecular formula is C20H20N6O4S. The van der Waals surface area contributed by atoms with Crippen LogP contribution in [0.5, 0.6) is 0 Å². The van der Waals surface area contributed by atoms with Crippen molar-refractivity contribution in [3.8, 4) is 0 Å². The molecule has 0 bridgehead atoms. The Morgan fingerprint density at radius 2 is 1.97 bits per heavy atom. The highest BCUT2D eigenvalue weighted by Crippen LogP contribution is 2.28. The Kier molecular flexibility index (Phi) is 5.76. The van der Waals surface area contributed by atoms with E-state index >= 15 is 0 Å². The number of nitrogens with one attached hydrogen (secondary N) is 1. The number of aromatic amines is 1. The largest absolute Gasteiger partial charge is 0.462 e. The van der Waals surface area contributed by atoms with Gasteiger partial charge in [-0.25, -0.2) is 9.59 Å². The number of hydrogen-bond donors (Lipinski definition) is 1. The predicted octanol–water partition coefficient (Wildman–Crippen LogP) is 1.51. The van der Waals surface area contributed by atoms with Crippen LogP contribution in [0.25, 0.3) is 10.2 Å². The van der Waals surface area contributed by atoms with Crippen molar-refractivity contribution in [1.82, 2.24) is 29.8 Å². The fraction of sp³-hybridized carbons (Fsp3) is 0.300. The van der Waals surface area contributed by atoms with Crippen LogP contribution in [0.4, 0.5) is 0 Å². The van der Waals surface area contributed by atoms with Crippen molar-refractivity contribution in [1.29, 1.82) is 0 Å². The van der Waals surface area contributed by atoms with Gasteiger partial charge in [-0.2, -0.15) is 5.21 Å². The Hall–Kier alpha value is -3.60. The molecule has 1 aromatic carbocycles. The van der Waals surface area contributed by atoms with E-state index in [-0.39, 0.29) is 19.0 Å². The molecule has 0 amide bonds. The van der Waals surface area contributed by atoms with Crippen LogP contribution in [-0.2, 0) is 24.2 Å². The number of aromatic nitrogens is 6. The van der Waals surface area contributed by atoms with Crippen LogP contribution in [0.2, 0.25) is 0 Å². The van der Waals surface area contributed by atoms with Gasteiger partial charge in [-0.05, 0) is 31.4 Å². The summed E-state index contributed by atoms with van der Waals surface area (Å²) >= 11 is 1.10. The molecule has 0 spiro atoms. The number of fused-ring (bicyclic) bond motifs is 1. The number of carbonyl (C=O) groups excluding carboxylic acids is 1. The monoisotopic (exact) mass is 440 g/mol. The molecule has 0 fully saturated rings. The summed E-state index contributed by atoms with van der Waals surface area (Å²) in [5.74, 6) is -0.293. The third-order valence-corrected chi connectivity index (χ3v) is 6.21. The maximum Gasteiger partial charge on any atom is 0.348 e. The molecule has 0 unspecified atom stereocenters. The number of hydrogen-bond acceptors (Lipinski definition) is 8. The van der Waals surface area contributed by atoms with Gasteiger partial charge in [-0.15, -0.1) is 21.5 Å². The molecule has 31 heavy (non-hydrogen) atoms. The Balaban J connectivity index is 1.89. The summed E-state index contributed by atoms with van der Waals surface area (Å²) in [4.78, 5) is 39.7. The molecular weight excluding hydrogens is 420 g/mol. The molecule has 3 aromatic heterocycles. The van der Waals surface area contributed by atoms with Gasteiger partial charge in [0, 0.05) is 6.54 Å². The van der Waals surface area contributed by atoms with E-state index in [0.29, 0.717) is 33.6 Å². The van der Waals surface area contributed by atoms with E-state index in [1.54, 1.807) is 13.8 Å². The Bertz CT molecular complexity index is 1340. The van der Waals surface area contributed by atoms with Gasteiger partial charge in [-0.3, -0.25) is 13.9 Å². The lowest BCUT2D eigenvalue weighted by atomic mass is 10.1. The van der Waals surface area contributed by atoms with E-state index in [1.165, 1.54) is 4.57 Å². The van der Waals surface area contributed by atoms with Gasteiger partial charge in [0.15, 0.2) is 5.82 Å². The van der Waals surface area contributed by atoms with Crippen LogP contribution in [0, 0.1) is 6.92 Å². The molecule has 3 heterocycles. The molecule has 0 aliphatic rings. The number of ether oxygens (including phenoxy) is 1. The summed E-state index contributed by atoms with van der Waals surface area (Å²) in [5, 5.41) is 13.8. The van der Waals surface area contributed by atoms with Gasteiger partial charge in [0.05, 0.1) is 18.5 Å². The number of nitrogens with zero attached hydrogens (tertiary/aromatic N) is 5. The van der Waals surface area contributed by atoms with Gasteiger partial charge in [0.1, 0.15) is 9.71 Å². The normalized spacial score (nSPS) is 11.2. The SMILES string of the molecule is CCOC(=O)c1sc2c(c1C)c(=O)n(Cc1nn[nH]n1)c(=O)n2CCc1ccccc1. The minimum atomic E-state index is -0.507. The molecule has 0 radical (unpaired) electrons. The minimum absolute atomic E-state index is 0.126. The Labute approximate surface area is 180 Å². The lowest BCUT2D eigenvalue weighted by Gasteiger charge is -2.11. The van der Waals surface area contributed by atoms with Gasteiger partial charge >= 0.3 is 11.7 Å². The van der Waals surface area contributed by atoms with Crippen LogP contribution >= 0.6 is 11.3 Å². The first-order chi connectivity index (χ1) is 15.0. The Morgan fingerprint density at radius 1 is 1.19 bits per heavy atom. The molecule has 160 valence electrons. The summed E-state index contributed by atoms with van der Waals surface area (Å²) < 4.78 is 7.74. The van der Waals surface area contributed by atoms with Crippen molar-refractivity contribution >= 4 is 27.5 Å². The predicted molar refractivity (Wildman–Crippen MR) is 114 cm³/mol. The average molecular weight is 440 g/mol. The van der Waals surface area contributed by atoms with Crippen LogP contribution in [0.15, 0.2) is 39.9 Å². The molecule has 0 saturated carbocycles. The summed E-state index contributed by atoms with van der Waals surface area (Å²) in [5.41, 5.74) is 0.566. The van der Waals surface area contributed by atoms with Crippen LogP contribution in [0.1, 0.15) is 33.5 Å². The fourth-order valence-corrected chi connectivity index (χ4v) is 4.61. The highest BCUT2D eigenvalue weighted by atomic mass is 32.1. The zero-order chi connectivity index (χ0) is 22.0. The number of H-pyrrole nitrogens is 1. The molecule has 0 saturated heterocycles. The summed E-state index contributed by atoms with van der Waals surface area (Å²) in [7, 11) is 0. The number of tetrazole rings is 1. The van der Waals surface area contributed by atoms with E-state index in [9.17, 15) is 14.4 Å².